The third-order valence-corrected chi connectivity index (χ3v) is 11.8. The first-order valence-corrected chi connectivity index (χ1v) is 16.8. The second-order valence-corrected chi connectivity index (χ2v) is 13.8. The highest BCUT2D eigenvalue weighted by Gasteiger charge is 2.77. The minimum atomic E-state index is -0.814. The summed E-state index contributed by atoms with van der Waals surface area (Å²) in [4.78, 5) is 49.5. The highest BCUT2D eigenvalue weighted by atomic mass is 32.2. The second kappa shape index (κ2) is 13.7. The molecule has 0 aliphatic carbocycles. The SMILES string of the molecule is C=CCN(CCCCC)C(=O)C1N([C@H](CO)c2ccccc2)C(=O)[C@@H]2[C@H](C(=O)N(CC=C)c3ccccc3)[C@@H]3CC(C)C12S3. The smallest absolute Gasteiger partial charge is 0.247 e. The molecule has 3 saturated heterocycles. The summed E-state index contributed by atoms with van der Waals surface area (Å²) in [5, 5.41) is 10.7. The van der Waals surface area contributed by atoms with Gasteiger partial charge in [0.05, 0.1) is 29.2 Å². The maximum atomic E-state index is 14.9. The second-order valence-electron chi connectivity index (χ2n) is 12.3. The minimum Gasteiger partial charge on any atom is -0.394 e. The van der Waals surface area contributed by atoms with Crippen molar-refractivity contribution in [2.75, 3.05) is 31.1 Å². The largest absolute Gasteiger partial charge is 0.394 e. The number of carbonyl (C=O) groups is 3. The van der Waals surface area contributed by atoms with Crippen molar-refractivity contribution in [2.45, 2.75) is 61.6 Å². The van der Waals surface area contributed by atoms with E-state index in [1.54, 1.807) is 33.7 Å². The van der Waals surface area contributed by atoms with Crippen LogP contribution in [0, 0.1) is 17.8 Å². The van der Waals surface area contributed by atoms with Crippen LogP contribution < -0.4 is 4.90 Å². The normalized spacial score (nSPS) is 27.6. The Morgan fingerprint density at radius 2 is 1.70 bits per heavy atom. The zero-order valence-corrected chi connectivity index (χ0v) is 26.7. The highest BCUT2D eigenvalue weighted by molar-refractivity contribution is 8.02. The van der Waals surface area contributed by atoms with Gasteiger partial charge in [0.1, 0.15) is 6.04 Å². The number of para-hydroxylation sites is 1. The molecule has 0 radical (unpaired) electrons. The summed E-state index contributed by atoms with van der Waals surface area (Å²) in [6, 6.07) is 17.4. The van der Waals surface area contributed by atoms with Crippen molar-refractivity contribution in [2.24, 2.45) is 17.8 Å². The number of aliphatic hydroxyl groups is 1. The summed E-state index contributed by atoms with van der Waals surface area (Å²) in [6.45, 7) is 13.0. The van der Waals surface area contributed by atoms with Crippen LogP contribution in [-0.2, 0) is 14.4 Å². The molecule has 3 heterocycles. The van der Waals surface area contributed by atoms with Crippen LogP contribution in [0.15, 0.2) is 86.0 Å². The molecule has 3 aliphatic heterocycles. The summed E-state index contributed by atoms with van der Waals surface area (Å²) in [7, 11) is 0. The molecule has 234 valence electrons. The maximum Gasteiger partial charge on any atom is 0.247 e. The van der Waals surface area contributed by atoms with Gasteiger partial charge in [-0.2, -0.15) is 0 Å². The molecular formula is C36H45N3O4S. The fourth-order valence-electron chi connectivity index (χ4n) is 7.80. The van der Waals surface area contributed by atoms with Gasteiger partial charge in [-0.25, -0.2) is 0 Å². The van der Waals surface area contributed by atoms with Gasteiger partial charge >= 0.3 is 0 Å². The first-order chi connectivity index (χ1) is 21.3. The first kappa shape index (κ1) is 32.0. The standard InChI is InChI=1S/C36H45N3O4S/c1-5-8-15-22-37(20-6-2)35(43)32-36-25(4)23-29(44-36)30(33(41)38(21-7-3)27-18-13-10-14-19-27)31(36)34(42)39(32)28(24-40)26-16-11-9-12-17-26/h6-7,9-14,16-19,25,28-32,40H,2-3,5,8,15,20-24H2,1,4H3/t25?,28-,29+,30-,31+,32?,36?/m1/s1. The number of likely N-dealkylation sites (tertiary alicyclic amines) is 1. The molecular weight excluding hydrogens is 570 g/mol. The molecule has 3 aliphatic rings. The molecule has 7 nitrogen and oxygen atoms in total. The van der Waals surface area contributed by atoms with Crippen molar-refractivity contribution < 1.29 is 19.5 Å². The molecule has 2 bridgehead atoms. The van der Waals surface area contributed by atoms with Crippen molar-refractivity contribution in [1.82, 2.24) is 9.80 Å². The number of nitrogens with zero attached hydrogens (tertiary/aromatic N) is 3. The number of unbranched alkanes of at least 4 members (excludes halogenated alkanes) is 2. The van der Waals surface area contributed by atoms with E-state index in [0.29, 0.717) is 19.6 Å². The monoisotopic (exact) mass is 615 g/mol. The van der Waals surface area contributed by atoms with Gasteiger partial charge in [0.15, 0.2) is 0 Å². The van der Waals surface area contributed by atoms with Crippen molar-refractivity contribution >= 4 is 35.2 Å². The number of hydrogen-bond donors (Lipinski definition) is 1. The third kappa shape index (κ3) is 5.40. The number of hydrogen-bond acceptors (Lipinski definition) is 5. The molecule has 0 aromatic heterocycles. The van der Waals surface area contributed by atoms with Gasteiger partial charge in [-0.3, -0.25) is 14.4 Å². The van der Waals surface area contributed by atoms with Crippen molar-refractivity contribution in [3.8, 4) is 0 Å². The number of anilines is 1. The van der Waals surface area contributed by atoms with E-state index in [9.17, 15) is 19.5 Å². The van der Waals surface area contributed by atoms with E-state index < -0.39 is 28.7 Å². The van der Waals surface area contributed by atoms with Crippen LogP contribution in [0.5, 0.6) is 0 Å². The Hall–Kier alpha value is -3.36. The summed E-state index contributed by atoms with van der Waals surface area (Å²) < 4.78 is -0.790. The Balaban J connectivity index is 1.62. The first-order valence-electron chi connectivity index (χ1n) is 15.9. The van der Waals surface area contributed by atoms with Crippen LogP contribution in [0.2, 0.25) is 0 Å². The molecule has 3 unspecified atom stereocenters. The van der Waals surface area contributed by atoms with Crippen molar-refractivity contribution in [3.63, 3.8) is 0 Å². The van der Waals surface area contributed by atoms with Crippen LogP contribution >= 0.6 is 11.8 Å². The summed E-state index contributed by atoms with van der Waals surface area (Å²) in [6.07, 6.45) is 7.06. The fourth-order valence-corrected chi connectivity index (χ4v) is 10.2. The highest BCUT2D eigenvalue weighted by Crippen LogP contribution is 2.69. The lowest BCUT2D eigenvalue weighted by Crippen LogP contribution is -2.58. The zero-order valence-electron chi connectivity index (χ0n) is 25.9. The summed E-state index contributed by atoms with van der Waals surface area (Å²) in [5.74, 6) is -1.70. The Morgan fingerprint density at radius 3 is 2.32 bits per heavy atom. The van der Waals surface area contributed by atoms with Gasteiger partial charge in [0, 0.05) is 30.6 Å². The van der Waals surface area contributed by atoms with Crippen LogP contribution in [0.3, 0.4) is 0 Å². The maximum absolute atomic E-state index is 14.9. The summed E-state index contributed by atoms with van der Waals surface area (Å²) >= 11 is 1.66. The number of benzene rings is 2. The Labute approximate surface area is 266 Å². The average molecular weight is 616 g/mol. The number of fused-ring (bicyclic) bond motifs is 1. The number of amides is 3. The minimum absolute atomic E-state index is 0.0235. The molecule has 1 spiro atoms. The molecule has 3 amide bonds. The van der Waals surface area contributed by atoms with Crippen LogP contribution in [0.4, 0.5) is 5.69 Å². The summed E-state index contributed by atoms with van der Waals surface area (Å²) in [5.41, 5.74) is 1.53. The van der Waals surface area contributed by atoms with Gasteiger partial charge in [-0.05, 0) is 36.5 Å². The van der Waals surface area contributed by atoms with E-state index >= 15 is 0 Å². The van der Waals surface area contributed by atoms with Crippen molar-refractivity contribution in [1.29, 1.82) is 0 Å². The fraction of sp³-hybridized carbons (Fsp3) is 0.472. The van der Waals surface area contributed by atoms with Gasteiger partial charge < -0.3 is 19.8 Å². The van der Waals surface area contributed by atoms with E-state index in [1.165, 1.54) is 0 Å². The number of aliphatic hydroxyl groups excluding tert-OH is 1. The van der Waals surface area contributed by atoms with Crippen LogP contribution in [0.25, 0.3) is 0 Å². The Morgan fingerprint density at radius 1 is 1.05 bits per heavy atom. The number of rotatable bonds is 14. The van der Waals surface area contributed by atoms with Gasteiger partial charge in [0.25, 0.3) is 0 Å². The molecule has 3 fully saturated rings. The lowest BCUT2D eigenvalue weighted by atomic mass is 9.65. The lowest BCUT2D eigenvalue weighted by molar-refractivity contribution is -0.145. The quantitative estimate of drug-likeness (QED) is 0.225. The molecule has 2 aromatic carbocycles. The average Bonchev–Trinajstić information content (AvgIpc) is 3.64. The third-order valence-electron chi connectivity index (χ3n) is 9.73. The van der Waals surface area contributed by atoms with Crippen molar-refractivity contribution in [3.05, 3.63) is 91.5 Å². The predicted octanol–water partition coefficient (Wildman–Crippen LogP) is 5.48. The molecule has 8 heteroatoms. The lowest BCUT2D eigenvalue weighted by Gasteiger charge is -2.42. The predicted molar refractivity (Wildman–Crippen MR) is 177 cm³/mol. The van der Waals surface area contributed by atoms with E-state index in [4.69, 9.17) is 0 Å². The van der Waals surface area contributed by atoms with Crippen LogP contribution in [0.1, 0.15) is 51.1 Å². The van der Waals surface area contributed by atoms with E-state index in [-0.39, 0.29) is 35.5 Å². The van der Waals surface area contributed by atoms with Gasteiger partial charge in [-0.1, -0.05) is 87.4 Å². The molecule has 7 atom stereocenters. The molecule has 2 aromatic rings. The number of carbonyl (C=O) groups excluding carboxylic acids is 3. The number of thioether (sulfide) groups is 1. The van der Waals surface area contributed by atoms with Gasteiger partial charge in [0.2, 0.25) is 17.7 Å². The van der Waals surface area contributed by atoms with E-state index in [1.807, 2.05) is 65.6 Å². The molecule has 44 heavy (non-hydrogen) atoms. The van der Waals surface area contributed by atoms with E-state index in [2.05, 4.69) is 27.0 Å². The van der Waals surface area contributed by atoms with Crippen LogP contribution in [-0.4, -0.2) is 74.9 Å². The Bertz CT molecular complexity index is 1350. The molecule has 5 rings (SSSR count). The molecule has 0 saturated carbocycles. The van der Waals surface area contributed by atoms with E-state index in [0.717, 1.165) is 36.9 Å². The Kier molecular flexibility index (Phi) is 10.0. The zero-order chi connectivity index (χ0) is 31.4. The van der Waals surface area contributed by atoms with Gasteiger partial charge in [-0.15, -0.1) is 24.9 Å². The molecule has 1 N–H and O–H groups in total. The topological polar surface area (TPSA) is 81.2 Å².